The highest BCUT2D eigenvalue weighted by molar-refractivity contribution is 7.09. The summed E-state index contributed by atoms with van der Waals surface area (Å²) in [6, 6.07) is 6.46. The van der Waals surface area contributed by atoms with Gasteiger partial charge in [-0.1, -0.05) is 18.2 Å². The first-order valence-corrected chi connectivity index (χ1v) is 7.06. The van der Waals surface area contributed by atoms with Gasteiger partial charge in [-0.05, 0) is 13.0 Å². The fraction of sp³-hybridized carbons (Fsp3) is 0.143. The number of benzene rings is 1. The van der Waals surface area contributed by atoms with Crippen molar-refractivity contribution in [2.75, 3.05) is 0 Å². The first-order valence-electron chi connectivity index (χ1n) is 6.18. The quantitative estimate of drug-likeness (QED) is 0.705. The highest BCUT2D eigenvalue weighted by Crippen LogP contribution is 2.14. The molecule has 0 aliphatic carbocycles. The standard InChI is InChI=1S/C14H11N3O3S/c1-8-15-9(7-21-8)6-17-13(18)11-5-3-2-4-10(11)12(16-17)14(19)20/h2-5,7H,6H2,1H3,(H,19,20)/p-1. The Morgan fingerprint density at radius 2 is 2.05 bits per heavy atom. The highest BCUT2D eigenvalue weighted by Gasteiger charge is 2.12. The molecule has 0 bridgehead atoms. The SMILES string of the molecule is Cc1nc(Cn2nc(C(=O)[O-])c3ccccc3c2=O)cs1. The summed E-state index contributed by atoms with van der Waals surface area (Å²) in [7, 11) is 0. The summed E-state index contributed by atoms with van der Waals surface area (Å²) < 4.78 is 1.11. The van der Waals surface area contributed by atoms with Gasteiger partial charge in [-0.2, -0.15) is 5.10 Å². The molecule has 0 amide bonds. The van der Waals surface area contributed by atoms with Crippen LogP contribution in [0.1, 0.15) is 21.2 Å². The molecule has 0 radical (unpaired) electrons. The van der Waals surface area contributed by atoms with Gasteiger partial charge < -0.3 is 9.90 Å². The van der Waals surface area contributed by atoms with Crippen LogP contribution in [0.2, 0.25) is 0 Å². The Kier molecular flexibility index (Phi) is 3.26. The van der Waals surface area contributed by atoms with Crippen molar-refractivity contribution in [3.05, 3.63) is 56.4 Å². The Hall–Kier alpha value is -2.54. The Morgan fingerprint density at radius 1 is 1.33 bits per heavy atom. The van der Waals surface area contributed by atoms with E-state index in [0.29, 0.717) is 11.1 Å². The van der Waals surface area contributed by atoms with Crippen LogP contribution in [0.4, 0.5) is 0 Å². The number of thiazole rings is 1. The molecular weight excluding hydrogens is 290 g/mol. The smallest absolute Gasteiger partial charge is 0.275 e. The van der Waals surface area contributed by atoms with Crippen molar-refractivity contribution >= 4 is 28.1 Å². The topological polar surface area (TPSA) is 87.9 Å². The Morgan fingerprint density at radius 3 is 2.67 bits per heavy atom. The van der Waals surface area contributed by atoms with Crippen LogP contribution in [0.25, 0.3) is 10.8 Å². The zero-order chi connectivity index (χ0) is 15.0. The maximum absolute atomic E-state index is 12.4. The summed E-state index contributed by atoms with van der Waals surface area (Å²) >= 11 is 1.46. The van der Waals surface area contributed by atoms with E-state index < -0.39 is 5.97 Å². The predicted octanol–water partition coefficient (Wildman–Crippen LogP) is 0.573. The molecule has 1 aromatic carbocycles. The molecule has 6 nitrogen and oxygen atoms in total. The van der Waals surface area contributed by atoms with Crippen molar-refractivity contribution < 1.29 is 9.90 Å². The van der Waals surface area contributed by atoms with Crippen molar-refractivity contribution in [1.29, 1.82) is 0 Å². The van der Waals surface area contributed by atoms with Crippen LogP contribution in [0.3, 0.4) is 0 Å². The number of aromatic nitrogens is 3. The van der Waals surface area contributed by atoms with Gasteiger partial charge >= 0.3 is 0 Å². The molecule has 0 aliphatic rings. The fourth-order valence-corrected chi connectivity index (χ4v) is 2.73. The lowest BCUT2D eigenvalue weighted by Crippen LogP contribution is -2.31. The van der Waals surface area contributed by atoms with Gasteiger partial charge in [0.25, 0.3) is 5.56 Å². The number of carbonyl (C=O) groups excluding carboxylic acids is 1. The van der Waals surface area contributed by atoms with Gasteiger partial charge in [0.2, 0.25) is 0 Å². The molecule has 21 heavy (non-hydrogen) atoms. The number of aromatic carboxylic acids is 1. The summed E-state index contributed by atoms with van der Waals surface area (Å²) in [6.07, 6.45) is 0. The third-order valence-corrected chi connectivity index (χ3v) is 3.86. The lowest BCUT2D eigenvalue weighted by molar-refractivity contribution is -0.255. The van der Waals surface area contributed by atoms with Gasteiger partial charge in [0.1, 0.15) is 5.69 Å². The normalized spacial score (nSPS) is 10.9. The fourth-order valence-electron chi connectivity index (χ4n) is 2.13. The molecule has 0 aliphatic heterocycles. The molecular formula is C14H10N3O3S-. The molecule has 3 rings (SSSR count). The lowest BCUT2D eigenvalue weighted by atomic mass is 10.1. The average Bonchev–Trinajstić information content (AvgIpc) is 2.87. The molecule has 0 atom stereocenters. The minimum absolute atomic E-state index is 0.133. The molecule has 0 unspecified atom stereocenters. The van der Waals surface area contributed by atoms with E-state index in [0.717, 1.165) is 9.69 Å². The second kappa shape index (κ2) is 5.10. The molecule has 0 N–H and O–H groups in total. The van der Waals surface area contributed by atoms with Crippen LogP contribution in [-0.2, 0) is 6.54 Å². The average molecular weight is 300 g/mol. The van der Waals surface area contributed by atoms with Gasteiger partial charge in [-0.25, -0.2) is 9.67 Å². The van der Waals surface area contributed by atoms with E-state index >= 15 is 0 Å². The molecule has 0 spiro atoms. The number of carboxylic acids is 1. The third kappa shape index (κ3) is 2.43. The van der Waals surface area contributed by atoms with Crippen molar-refractivity contribution in [3.8, 4) is 0 Å². The van der Waals surface area contributed by atoms with Crippen molar-refractivity contribution in [2.24, 2.45) is 0 Å². The number of fused-ring (bicyclic) bond motifs is 1. The molecule has 0 fully saturated rings. The van der Waals surface area contributed by atoms with E-state index in [1.807, 2.05) is 12.3 Å². The van der Waals surface area contributed by atoms with E-state index in [2.05, 4.69) is 10.1 Å². The number of rotatable bonds is 3. The molecule has 7 heteroatoms. The maximum Gasteiger partial charge on any atom is 0.275 e. The van der Waals surface area contributed by atoms with E-state index in [1.165, 1.54) is 11.3 Å². The first kappa shape index (κ1) is 13.4. The highest BCUT2D eigenvalue weighted by atomic mass is 32.1. The van der Waals surface area contributed by atoms with Crippen LogP contribution in [-0.4, -0.2) is 20.7 Å². The van der Waals surface area contributed by atoms with Gasteiger partial charge in [0, 0.05) is 10.8 Å². The number of aryl methyl sites for hydroxylation is 1. The number of hydrogen-bond acceptors (Lipinski definition) is 6. The zero-order valence-corrected chi connectivity index (χ0v) is 11.9. The number of carbonyl (C=O) groups is 1. The Balaban J connectivity index is 2.21. The van der Waals surface area contributed by atoms with E-state index in [-0.39, 0.29) is 23.2 Å². The van der Waals surface area contributed by atoms with E-state index in [1.54, 1.807) is 24.3 Å². The maximum atomic E-state index is 12.4. The molecule has 106 valence electrons. The van der Waals surface area contributed by atoms with E-state index in [9.17, 15) is 14.7 Å². The van der Waals surface area contributed by atoms with Crippen molar-refractivity contribution in [3.63, 3.8) is 0 Å². The summed E-state index contributed by atoms with van der Waals surface area (Å²) in [4.78, 5) is 27.9. The van der Waals surface area contributed by atoms with Crippen LogP contribution in [0.15, 0.2) is 34.4 Å². The number of nitrogens with zero attached hydrogens (tertiary/aromatic N) is 3. The summed E-state index contributed by atoms with van der Waals surface area (Å²) in [6.45, 7) is 1.99. The van der Waals surface area contributed by atoms with Gasteiger partial charge in [-0.15, -0.1) is 11.3 Å². The largest absolute Gasteiger partial charge is 0.543 e. The molecule has 0 saturated heterocycles. The number of hydrogen-bond donors (Lipinski definition) is 0. The van der Waals surface area contributed by atoms with Crippen LogP contribution < -0.4 is 10.7 Å². The molecule has 0 saturated carbocycles. The molecule has 2 aromatic heterocycles. The monoisotopic (exact) mass is 300 g/mol. The van der Waals surface area contributed by atoms with Gasteiger partial charge in [-0.3, -0.25) is 4.79 Å². The predicted molar refractivity (Wildman–Crippen MR) is 76.3 cm³/mol. The minimum Gasteiger partial charge on any atom is -0.543 e. The Labute approximate surface area is 123 Å². The first-order chi connectivity index (χ1) is 10.1. The summed E-state index contributed by atoms with van der Waals surface area (Å²) in [5.41, 5.74) is 0.0880. The summed E-state index contributed by atoms with van der Waals surface area (Å²) in [5, 5.41) is 18.4. The number of carboxylic acid groups (broad SMARTS) is 1. The second-order valence-corrected chi connectivity index (χ2v) is 5.56. The van der Waals surface area contributed by atoms with E-state index in [4.69, 9.17) is 0 Å². The van der Waals surface area contributed by atoms with Crippen molar-refractivity contribution in [2.45, 2.75) is 13.5 Å². The molecule has 2 heterocycles. The zero-order valence-electron chi connectivity index (χ0n) is 11.1. The third-order valence-electron chi connectivity index (χ3n) is 3.04. The van der Waals surface area contributed by atoms with Gasteiger partial charge in [0.15, 0.2) is 0 Å². The Bertz CT molecular complexity index is 898. The summed E-state index contributed by atoms with van der Waals surface area (Å²) in [5.74, 6) is -1.41. The van der Waals surface area contributed by atoms with Crippen LogP contribution in [0, 0.1) is 6.92 Å². The van der Waals surface area contributed by atoms with Crippen molar-refractivity contribution in [1.82, 2.24) is 14.8 Å². The lowest BCUT2D eigenvalue weighted by Gasteiger charge is -2.10. The second-order valence-electron chi connectivity index (χ2n) is 4.50. The van der Waals surface area contributed by atoms with Gasteiger partial charge in [0.05, 0.1) is 28.6 Å². The minimum atomic E-state index is -1.41. The van der Waals surface area contributed by atoms with Crippen LogP contribution in [0.5, 0.6) is 0 Å². The van der Waals surface area contributed by atoms with Crippen LogP contribution >= 0.6 is 11.3 Å². The molecule has 3 aromatic rings.